The summed E-state index contributed by atoms with van der Waals surface area (Å²) in [7, 11) is 2.56. The highest BCUT2D eigenvalue weighted by atomic mass is 16.5. The van der Waals surface area contributed by atoms with Crippen molar-refractivity contribution in [2.45, 2.75) is 63.1 Å². The Labute approximate surface area is 373 Å². The van der Waals surface area contributed by atoms with Crippen LogP contribution in [0.5, 0.6) is 11.5 Å². The maximum atomic E-state index is 13.5. The first kappa shape index (κ1) is 46.2. The largest absolute Gasteiger partial charge is 0.488 e. The molecule has 0 aliphatic rings. The van der Waals surface area contributed by atoms with Crippen LogP contribution in [0.25, 0.3) is 11.1 Å². The summed E-state index contributed by atoms with van der Waals surface area (Å²) in [5.74, 6) is -0.980. The fourth-order valence-electron chi connectivity index (χ4n) is 7.21. The number of amides is 2. The molecule has 12 nitrogen and oxygen atoms in total. The molecule has 0 fully saturated rings. The Bertz CT molecular complexity index is 2280. The highest BCUT2D eigenvalue weighted by Gasteiger charge is 2.26. The highest BCUT2D eigenvalue weighted by Crippen LogP contribution is 2.40. The van der Waals surface area contributed by atoms with E-state index in [-0.39, 0.29) is 38.9 Å². The number of hydrogen-bond acceptors (Lipinski definition) is 10. The first-order chi connectivity index (χ1) is 31.1. The number of nitrogens with one attached hydrogen (secondary N) is 2. The first-order valence-corrected chi connectivity index (χ1v) is 21.0. The van der Waals surface area contributed by atoms with Gasteiger partial charge in [0.2, 0.25) is 11.8 Å². The molecule has 2 amide bonds. The maximum absolute atomic E-state index is 13.5. The van der Waals surface area contributed by atoms with E-state index in [4.69, 9.17) is 30.4 Å². The summed E-state index contributed by atoms with van der Waals surface area (Å²) in [6, 6.07) is 45.7. The molecule has 64 heavy (non-hydrogen) atoms. The average Bonchev–Trinajstić information content (AvgIpc) is 3.32. The molecule has 0 aliphatic heterocycles. The summed E-state index contributed by atoms with van der Waals surface area (Å²) in [5, 5.41) is 5.63. The fraction of sp³-hybridized carbons (Fsp3) is 0.231. The number of carbonyl (C=O) groups is 4. The molecule has 0 unspecified atom stereocenters. The lowest BCUT2D eigenvalue weighted by Gasteiger charge is -2.22. The van der Waals surface area contributed by atoms with E-state index in [1.54, 1.807) is 24.3 Å². The maximum Gasteiger partial charge on any atom is 0.328 e. The van der Waals surface area contributed by atoms with Gasteiger partial charge in [-0.1, -0.05) is 133 Å². The fourth-order valence-corrected chi connectivity index (χ4v) is 7.21. The van der Waals surface area contributed by atoms with Crippen molar-refractivity contribution in [3.05, 3.63) is 191 Å². The molecule has 0 aromatic heterocycles. The van der Waals surface area contributed by atoms with Crippen LogP contribution in [0.15, 0.2) is 158 Å². The van der Waals surface area contributed by atoms with Gasteiger partial charge in [0.25, 0.3) is 0 Å². The summed E-state index contributed by atoms with van der Waals surface area (Å²) >= 11 is 0. The molecular weight excluding hydrogens is 809 g/mol. The van der Waals surface area contributed by atoms with Gasteiger partial charge in [-0.05, 0) is 57.6 Å². The number of carbonyl (C=O) groups excluding carboxylic acids is 4. The Morgan fingerprint density at radius 1 is 0.469 bits per heavy atom. The number of rotatable bonds is 21. The molecule has 6 N–H and O–H groups in total. The Hall–Kier alpha value is -7.28. The lowest BCUT2D eigenvalue weighted by atomic mass is 9.93. The van der Waals surface area contributed by atoms with Gasteiger partial charge in [0, 0.05) is 48.9 Å². The molecule has 0 heterocycles. The van der Waals surface area contributed by atoms with Crippen molar-refractivity contribution in [2.24, 2.45) is 11.5 Å². The van der Waals surface area contributed by atoms with E-state index >= 15 is 0 Å². The Morgan fingerprint density at radius 2 is 0.797 bits per heavy atom. The molecule has 4 atom stereocenters. The van der Waals surface area contributed by atoms with Crippen LogP contribution in [-0.2, 0) is 54.7 Å². The molecule has 6 aromatic rings. The van der Waals surface area contributed by atoms with Gasteiger partial charge < -0.3 is 41.0 Å². The zero-order valence-electron chi connectivity index (χ0n) is 36.0. The highest BCUT2D eigenvalue weighted by molar-refractivity contribution is 5.86. The second kappa shape index (κ2) is 23.2. The first-order valence-electron chi connectivity index (χ1n) is 21.0. The van der Waals surface area contributed by atoms with Gasteiger partial charge >= 0.3 is 11.9 Å². The normalized spacial score (nSPS) is 12.8. The third kappa shape index (κ3) is 13.4. The molecule has 6 aromatic carbocycles. The van der Waals surface area contributed by atoms with Crippen LogP contribution in [0.2, 0.25) is 0 Å². The number of methoxy groups -OCH3 is 2. The quantitative estimate of drug-likeness (QED) is 0.0546. The molecule has 0 radical (unpaired) electrons. The molecule has 0 saturated carbocycles. The molecule has 0 saturated heterocycles. The van der Waals surface area contributed by atoms with Crippen molar-refractivity contribution < 1.29 is 38.1 Å². The van der Waals surface area contributed by atoms with E-state index in [0.29, 0.717) is 33.8 Å². The lowest BCUT2D eigenvalue weighted by Crippen LogP contribution is -2.43. The van der Waals surface area contributed by atoms with E-state index in [0.717, 1.165) is 22.3 Å². The smallest absolute Gasteiger partial charge is 0.328 e. The number of nitrogens with two attached hydrogens (primary N) is 2. The number of esters is 2. The zero-order valence-corrected chi connectivity index (χ0v) is 36.0. The third-order valence-electron chi connectivity index (χ3n) is 10.6. The van der Waals surface area contributed by atoms with Gasteiger partial charge in [-0.15, -0.1) is 0 Å². The molecule has 330 valence electrons. The van der Waals surface area contributed by atoms with Crippen LogP contribution in [-0.4, -0.2) is 50.1 Å². The van der Waals surface area contributed by atoms with E-state index in [9.17, 15) is 19.2 Å². The minimum atomic E-state index is -0.912. The SMILES string of the molecule is COC(=O)[C@H](Cc1ccccc1)NC(=O)C[C@H](N)c1ccc(OCc2ccccc2)c(-c2cc([C@@H](N)CC(=O)N[C@@H](Cc3ccccc3)C(=O)OC)ccc2OCc2ccccc2)c1. The molecule has 12 heteroatoms. The summed E-state index contributed by atoms with van der Waals surface area (Å²) < 4.78 is 23.0. The van der Waals surface area contributed by atoms with Gasteiger partial charge in [-0.2, -0.15) is 0 Å². The van der Waals surface area contributed by atoms with E-state index in [1.807, 2.05) is 133 Å². The van der Waals surface area contributed by atoms with Crippen LogP contribution in [0, 0.1) is 0 Å². The van der Waals surface area contributed by atoms with E-state index in [1.165, 1.54) is 14.2 Å². The van der Waals surface area contributed by atoms with Crippen molar-refractivity contribution in [3.63, 3.8) is 0 Å². The summed E-state index contributed by atoms with van der Waals surface area (Å²) in [4.78, 5) is 52.5. The van der Waals surface area contributed by atoms with Crippen LogP contribution in [0.3, 0.4) is 0 Å². The van der Waals surface area contributed by atoms with Crippen LogP contribution >= 0.6 is 0 Å². The van der Waals surface area contributed by atoms with E-state index < -0.39 is 47.9 Å². The van der Waals surface area contributed by atoms with E-state index in [2.05, 4.69) is 10.6 Å². The zero-order chi connectivity index (χ0) is 45.3. The minimum absolute atomic E-state index is 0.139. The van der Waals surface area contributed by atoms with Crippen molar-refractivity contribution in [3.8, 4) is 22.6 Å². The van der Waals surface area contributed by atoms with Crippen LogP contribution < -0.4 is 31.6 Å². The van der Waals surface area contributed by atoms with Gasteiger partial charge in [0.05, 0.1) is 14.2 Å². The van der Waals surface area contributed by atoms with Gasteiger partial charge in [0.15, 0.2) is 0 Å². The van der Waals surface area contributed by atoms with Gasteiger partial charge in [-0.3, -0.25) is 9.59 Å². The molecule has 0 bridgehead atoms. The Balaban J connectivity index is 1.31. The number of benzene rings is 6. The van der Waals surface area contributed by atoms with Gasteiger partial charge in [0.1, 0.15) is 36.8 Å². The van der Waals surface area contributed by atoms with Crippen molar-refractivity contribution in [1.82, 2.24) is 10.6 Å². The Morgan fingerprint density at radius 3 is 1.12 bits per heavy atom. The predicted octanol–water partition coefficient (Wildman–Crippen LogP) is 7.09. The summed E-state index contributed by atoms with van der Waals surface area (Å²) in [6.45, 7) is 0.504. The molecule has 6 rings (SSSR count). The number of ether oxygens (including phenoxy) is 4. The van der Waals surface area contributed by atoms with Crippen molar-refractivity contribution >= 4 is 23.8 Å². The second-order valence-electron chi connectivity index (χ2n) is 15.3. The van der Waals surface area contributed by atoms with Gasteiger partial charge in [-0.25, -0.2) is 9.59 Å². The van der Waals surface area contributed by atoms with Crippen LogP contribution in [0.1, 0.15) is 58.3 Å². The molecular formula is C52H54N4O8. The molecule has 0 spiro atoms. The summed E-state index contributed by atoms with van der Waals surface area (Å²) in [5.41, 5.74) is 19.6. The van der Waals surface area contributed by atoms with Crippen molar-refractivity contribution in [1.29, 1.82) is 0 Å². The monoisotopic (exact) mass is 862 g/mol. The Kier molecular flexibility index (Phi) is 16.8. The second-order valence-corrected chi connectivity index (χ2v) is 15.3. The average molecular weight is 863 g/mol. The predicted molar refractivity (Wildman–Crippen MR) is 245 cm³/mol. The van der Waals surface area contributed by atoms with Crippen LogP contribution in [0.4, 0.5) is 0 Å². The lowest BCUT2D eigenvalue weighted by molar-refractivity contribution is -0.145. The van der Waals surface area contributed by atoms with Crippen molar-refractivity contribution in [2.75, 3.05) is 14.2 Å². The topological polar surface area (TPSA) is 181 Å². The minimum Gasteiger partial charge on any atom is -0.488 e. The number of hydrogen-bond donors (Lipinski definition) is 4. The third-order valence-corrected chi connectivity index (χ3v) is 10.6. The standard InChI is InChI=1S/C52H54N4O8/c1-61-51(59)45(27-35-15-7-3-8-16-35)55-49(57)31-43(53)39-23-25-47(63-33-37-19-11-5-12-20-37)41(29-39)42-30-40(24-26-48(42)64-34-38-21-13-6-14-22-38)44(54)32-50(58)56-46(52(60)62-2)28-36-17-9-4-10-18-36/h3-26,29-30,43-46H,27-28,31-34,53-54H2,1-2H3,(H,55,57)(H,56,58)/t43-,44-,45-,46-/m0/s1. The summed E-state index contributed by atoms with van der Waals surface area (Å²) in [6.07, 6.45) is 0.218. The molecule has 0 aliphatic carbocycles.